The van der Waals surface area contributed by atoms with Crippen LogP contribution >= 0.6 is 0 Å². The Labute approximate surface area is 213 Å². The zero-order valence-electron chi connectivity index (χ0n) is 21.2. The van der Waals surface area contributed by atoms with Crippen LogP contribution in [0.2, 0.25) is 0 Å². The molecule has 1 aliphatic rings. The number of aromatic amines is 1. The van der Waals surface area contributed by atoms with Gasteiger partial charge in [0.15, 0.2) is 0 Å². The number of pyridine rings is 1. The molecule has 1 aliphatic carbocycles. The van der Waals surface area contributed by atoms with E-state index in [9.17, 15) is 9.18 Å². The lowest BCUT2D eigenvalue weighted by molar-refractivity contribution is 0.0997. The second-order valence-corrected chi connectivity index (χ2v) is 9.92. The highest BCUT2D eigenvalue weighted by atomic mass is 19.1. The summed E-state index contributed by atoms with van der Waals surface area (Å²) in [7, 11) is 0. The number of carbonyl (C=O) groups is 1. The molecule has 4 aromatic heterocycles. The number of benzene rings is 1. The maximum Gasteiger partial charge on any atom is 0.296 e. The van der Waals surface area contributed by atoms with E-state index in [1.165, 1.54) is 24.5 Å². The summed E-state index contributed by atoms with van der Waals surface area (Å²) >= 11 is 0. The van der Waals surface area contributed by atoms with E-state index in [0.29, 0.717) is 17.4 Å². The number of aryl methyl sites for hydroxylation is 1. The Morgan fingerprint density at radius 3 is 2.78 bits per heavy atom. The fourth-order valence-corrected chi connectivity index (χ4v) is 5.34. The van der Waals surface area contributed by atoms with Crippen LogP contribution in [0.3, 0.4) is 0 Å². The molecule has 1 amide bonds. The molecule has 5 aromatic rings. The minimum absolute atomic E-state index is 0.0603. The zero-order valence-corrected chi connectivity index (χ0v) is 21.2. The van der Waals surface area contributed by atoms with Crippen molar-refractivity contribution in [3.8, 4) is 0 Å². The lowest BCUT2D eigenvalue weighted by Crippen LogP contribution is -2.18. The number of para-hydroxylation sites is 1. The smallest absolute Gasteiger partial charge is 0.296 e. The second-order valence-electron chi connectivity index (χ2n) is 9.92. The van der Waals surface area contributed by atoms with Gasteiger partial charge in [-0.2, -0.15) is 5.10 Å². The Morgan fingerprint density at radius 2 is 2.00 bits per heavy atom. The Hall–Kier alpha value is -4.33. The molecule has 0 radical (unpaired) electrons. The minimum atomic E-state index is -0.428. The van der Waals surface area contributed by atoms with Gasteiger partial charge in [-0.1, -0.05) is 24.3 Å². The van der Waals surface area contributed by atoms with Crippen LogP contribution in [-0.2, 0) is 6.42 Å². The number of imidazole rings is 1. The van der Waals surface area contributed by atoms with Crippen LogP contribution in [0, 0.1) is 12.7 Å². The number of aliphatic imine (C=N–C) groups is 1. The van der Waals surface area contributed by atoms with Crippen molar-refractivity contribution in [2.24, 2.45) is 4.99 Å². The van der Waals surface area contributed by atoms with Crippen LogP contribution in [-0.4, -0.2) is 35.8 Å². The Balaban J connectivity index is 1.45. The first kappa shape index (κ1) is 23.1. The predicted molar refractivity (Wildman–Crippen MR) is 142 cm³/mol. The number of hydrogen-bond donors (Lipinski definition) is 1. The molecular formula is C29H27FN6O. The van der Waals surface area contributed by atoms with Gasteiger partial charge in [-0.05, 0) is 51.5 Å². The largest absolute Gasteiger partial charge is 0.357 e. The topological polar surface area (TPSA) is 80.3 Å². The first-order chi connectivity index (χ1) is 17.8. The van der Waals surface area contributed by atoms with Crippen molar-refractivity contribution in [3.63, 3.8) is 0 Å². The molecule has 186 valence electrons. The van der Waals surface area contributed by atoms with E-state index >= 15 is 0 Å². The first-order valence-corrected chi connectivity index (χ1v) is 12.4. The van der Waals surface area contributed by atoms with Gasteiger partial charge in [0.2, 0.25) is 0 Å². The van der Waals surface area contributed by atoms with Gasteiger partial charge < -0.3 is 4.98 Å². The first-order valence-electron chi connectivity index (χ1n) is 12.4. The minimum Gasteiger partial charge on any atom is -0.357 e. The van der Waals surface area contributed by atoms with E-state index in [4.69, 9.17) is 5.10 Å². The van der Waals surface area contributed by atoms with E-state index in [0.717, 1.165) is 45.5 Å². The third-order valence-electron chi connectivity index (χ3n) is 6.97. The molecule has 6 rings (SSSR count). The molecule has 7 nitrogen and oxygen atoms in total. The molecule has 4 heterocycles. The van der Waals surface area contributed by atoms with E-state index in [1.54, 1.807) is 4.40 Å². The molecule has 0 fully saturated rings. The van der Waals surface area contributed by atoms with Crippen molar-refractivity contribution in [1.29, 1.82) is 0 Å². The van der Waals surface area contributed by atoms with Crippen LogP contribution in [0.15, 0.2) is 71.5 Å². The summed E-state index contributed by atoms with van der Waals surface area (Å²) in [6, 6.07) is 13.1. The quantitative estimate of drug-likeness (QED) is 0.335. The van der Waals surface area contributed by atoms with Gasteiger partial charge in [-0.15, -0.1) is 0 Å². The molecule has 0 spiro atoms. The number of rotatable bonds is 4. The third-order valence-corrected chi connectivity index (χ3v) is 6.97. The summed E-state index contributed by atoms with van der Waals surface area (Å²) in [4.78, 5) is 25.7. The Morgan fingerprint density at radius 1 is 1.19 bits per heavy atom. The summed E-state index contributed by atoms with van der Waals surface area (Å²) in [6.07, 6.45) is 5.84. The average molecular weight is 495 g/mol. The number of allylic oxidation sites excluding steroid dienone is 2. The summed E-state index contributed by atoms with van der Waals surface area (Å²) in [5, 5.41) is 5.86. The molecule has 0 aliphatic heterocycles. The normalized spacial score (nSPS) is 16.6. The fourth-order valence-electron chi connectivity index (χ4n) is 5.34. The van der Waals surface area contributed by atoms with Crippen LogP contribution < -0.4 is 0 Å². The fraction of sp³-hybridized carbons (Fsp3) is 0.241. The molecule has 8 heteroatoms. The lowest BCUT2D eigenvalue weighted by atomic mass is 9.84. The molecule has 0 saturated carbocycles. The maximum atomic E-state index is 13.6. The highest BCUT2D eigenvalue weighted by molar-refractivity contribution is 6.24. The van der Waals surface area contributed by atoms with Crippen LogP contribution in [0.1, 0.15) is 65.9 Å². The Bertz CT molecular complexity index is 1750. The van der Waals surface area contributed by atoms with Gasteiger partial charge >= 0.3 is 0 Å². The maximum absolute atomic E-state index is 13.6. The van der Waals surface area contributed by atoms with Crippen molar-refractivity contribution in [2.45, 2.75) is 46.1 Å². The van der Waals surface area contributed by atoms with Gasteiger partial charge in [-0.25, -0.2) is 14.4 Å². The van der Waals surface area contributed by atoms with Crippen LogP contribution in [0.25, 0.3) is 16.6 Å². The van der Waals surface area contributed by atoms with Crippen molar-refractivity contribution in [1.82, 2.24) is 24.1 Å². The van der Waals surface area contributed by atoms with E-state index in [2.05, 4.69) is 53.9 Å². The number of hydrogen-bond acceptors (Lipinski definition) is 3. The number of nitrogens with one attached hydrogen (secondary N) is 1. The van der Waals surface area contributed by atoms with Crippen molar-refractivity contribution in [3.05, 3.63) is 101 Å². The van der Waals surface area contributed by atoms with Gasteiger partial charge in [0.25, 0.3) is 5.91 Å². The molecule has 1 N–H and O–H groups in total. The van der Waals surface area contributed by atoms with Crippen LogP contribution in [0.4, 0.5) is 4.39 Å². The number of nitrogens with zero attached hydrogens (tertiary/aromatic N) is 5. The zero-order chi connectivity index (χ0) is 25.8. The van der Waals surface area contributed by atoms with E-state index in [-0.39, 0.29) is 11.6 Å². The standard InChI is InChI=1S/C29H27FN6O/c1-16(2)36-18(4)12-21(34-36)13-19-11-17(3)27(26-22-7-5-6-8-23(22)32-28(19)26)33-29(37)24-15-31-25-14-20(30)9-10-35(24)25/h5-12,14-16,19,32H,13H2,1-4H3. The molecular weight excluding hydrogens is 467 g/mol. The number of H-pyrrole nitrogens is 1. The number of halogens is 1. The SMILES string of the molecule is CC1=CC(Cc2cc(C)n(C(C)C)n2)c2[nH]c3ccccc3c2C1=NC(=O)c1cnc2cc(F)ccn12. The highest BCUT2D eigenvalue weighted by Gasteiger charge is 2.29. The second kappa shape index (κ2) is 8.65. The van der Waals surface area contributed by atoms with Gasteiger partial charge in [0, 0.05) is 58.5 Å². The summed E-state index contributed by atoms with van der Waals surface area (Å²) in [5.41, 5.74) is 7.33. The van der Waals surface area contributed by atoms with Crippen molar-refractivity contribution < 1.29 is 9.18 Å². The van der Waals surface area contributed by atoms with Gasteiger partial charge in [-0.3, -0.25) is 13.9 Å². The monoisotopic (exact) mass is 494 g/mol. The van der Waals surface area contributed by atoms with Crippen molar-refractivity contribution in [2.75, 3.05) is 0 Å². The molecule has 0 saturated heterocycles. The highest BCUT2D eigenvalue weighted by Crippen LogP contribution is 2.37. The van der Waals surface area contributed by atoms with E-state index < -0.39 is 11.7 Å². The molecule has 37 heavy (non-hydrogen) atoms. The van der Waals surface area contributed by atoms with Crippen molar-refractivity contribution >= 4 is 28.2 Å². The molecule has 1 atom stereocenters. The number of fused-ring (bicyclic) bond motifs is 4. The number of carbonyl (C=O) groups excluding carboxylic acids is 1. The summed E-state index contributed by atoms with van der Waals surface area (Å²) in [5.74, 6) is -0.773. The molecule has 1 unspecified atom stereocenters. The van der Waals surface area contributed by atoms with E-state index in [1.807, 2.05) is 29.8 Å². The van der Waals surface area contributed by atoms with Crippen LogP contribution in [0.5, 0.6) is 0 Å². The van der Waals surface area contributed by atoms with Gasteiger partial charge in [0.1, 0.15) is 17.2 Å². The molecule has 1 aromatic carbocycles. The number of amides is 1. The predicted octanol–water partition coefficient (Wildman–Crippen LogP) is 5.96. The summed E-state index contributed by atoms with van der Waals surface area (Å²) in [6.45, 7) is 8.33. The number of aromatic nitrogens is 5. The third kappa shape index (κ3) is 3.89. The Kier molecular flexibility index (Phi) is 5.40. The average Bonchev–Trinajstić information content (AvgIpc) is 3.56. The summed E-state index contributed by atoms with van der Waals surface area (Å²) < 4.78 is 17.2. The van der Waals surface area contributed by atoms with Gasteiger partial charge in [0.05, 0.1) is 17.6 Å². The molecule has 0 bridgehead atoms. The lowest BCUT2D eigenvalue weighted by Gasteiger charge is -2.21.